The van der Waals surface area contributed by atoms with Gasteiger partial charge in [0.15, 0.2) is 0 Å². The number of hydrogen-bond acceptors (Lipinski definition) is 4. The molecule has 0 N–H and O–H groups in total. The normalized spacial score (nSPS) is 16.5. The van der Waals surface area contributed by atoms with Gasteiger partial charge in [0.2, 0.25) is 5.88 Å². The summed E-state index contributed by atoms with van der Waals surface area (Å²) in [5, 5.41) is 0.448. The topological polar surface area (TPSA) is 34.6 Å². The van der Waals surface area contributed by atoms with Gasteiger partial charge in [-0.1, -0.05) is 11.6 Å². The molecule has 0 atom stereocenters. The molecule has 15 heavy (non-hydrogen) atoms. The molecule has 2 rings (SSSR count). The van der Waals surface area contributed by atoms with Crippen molar-refractivity contribution in [1.29, 1.82) is 0 Å². The number of hydrogen-bond donors (Lipinski definition) is 0. The lowest BCUT2D eigenvalue weighted by Gasteiger charge is -2.29. The van der Waals surface area contributed by atoms with Crippen LogP contribution in [-0.4, -0.2) is 38.4 Å². The molecule has 0 aliphatic carbocycles. The first kappa shape index (κ1) is 10.5. The predicted octanol–water partition coefficient (Wildman–Crippen LogP) is 1.58. The summed E-state index contributed by atoms with van der Waals surface area (Å²) in [6, 6.07) is 3.70. The number of aromatic nitrogens is 1. The highest BCUT2D eigenvalue weighted by atomic mass is 35.5. The van der Waals surface area contributed by atoms with Crippen molar-refractivity contribution >= 4 is 17.3 Å². The fourth-order valence-corrected chi connectivity index (χ4v) is 1.75. The van der Waals surface area contributed by atoms with Gasteiger partial charge < -0.3 is 14.4 Å². The molecule has 2 heterocycles. The third-order valence-electron chi connectivity index (χ3n) is 2.35. The molecular formula is C10H13ClN2O2. The lowest BCUT2D eigenvalue weighted by Crippen LogP contribution is -2.36. The molecule has 1 saturated heterocycles. The van der Waals surface area contributed by atoms with Gasteiger partial charge in [0, 0.05) is 13.1 Å². The molecular weight excluding hydrogens is 216 g/mol. The molecule has 1 aliphatic rings. The highest BCUT2D eigenvalue weighted by molar-refractivity contribution is 6.29. The standard InChI is InChI=1S/C10H13ClN2O2/c1-14-10-8(2-3-9(11)12-10)13-4-6-15-7-5-13/h2-3H,4-7H2,1H3. The van der Waals surface area contributed by atoms with Gasteiger partial charge in [-0.15, -0.1) is 0 Å². The monoisotopic (exact) mass is 228 g/mol. The van der Waals surface area contributed by atoms with Gasteiger partial charge in [-0.3, -0.25) is 0 Å². The molecule has 1 aromatic heterocycles. The molecule has 0 amide bonds. The van der Waals surface area contributed by atoms with Crippen molar-refractivity contribution in [3.05, 3.63) is 17.3 Å². The second kappa shape index (κ2) is 4.68. The predicted molar refractivity (Wildman–Crippen MR) is 58.8 cm³/mol. The van der Waals surface area contributed by atoms with Gasteiger partial charge in [0.05, 0.1) is 20.3 Å². The first-order valence-electron chi connectivity index (χ1n) is 4.84. The lowest BCUT2D eigenvalue weighted by molar-refractivity contribution is 0.122. The van der Waals surface area contributed by atoms with E-state index in [0.29, 0.717) is 11.0 Å². The van der Waals surface area contributed by atoms with E-state index in [9.17, 15) is 0 Å². The van der Waals surface area contributed by atoms with E-state index in [1.165, 1.54) is 0 Å². The maximum atomic E-state index is 5.80. The highest BCUT2D eigenvalue weighted by Gasteiger charge is 2.16. The fraction of sp³-hybridized carbons (Fsp3) is 0.500. The number of rotatable bonds is 2. The van der Waals surface area contributed by atoms with Crippen LogP contribution in [-0.2, 0) is 4.74 Å². The lowest BCUT2D eigenvalue weighted by atomic mass is 10.3. The van der Waals surface area contributed by atoms with Gasteiger partial charge in [-0.2, -0.15) is 4.98 Å². The third kappa shape index (κ3) is 2.33. The van der Waals surface area contributed by atoms with Crippen molar-refractivity contribution in [3.63, 3.8) is 0 Å². The van der Waals surface area contributed by atoms with E-state index >= 15 is 0 Å². The number of morpholine rings is 1. The molecule has 82 valence electrons. The Kier molecular flexibility index (Phi) is 3.28. The van der Waals surface area contributed by atoms with Crippen LogP contribution in [0.2, 0.25) is 5.15 Å². The molecule has 0 spiro atoms. The van der Waals surface area contributed by atoms with E-state index in [4.69, 9.17) is 21.1 Å². The Bertz CT molecular complexity index is 340. The molecule has 1 fully saturated rings. The molecule has 0 radical (unpaired) electrons. The summed E-state index contributed by atoms with van der Waals surface area (Å²) in [5.74, 6) is 0.574. The van der Waals surface area contributed by atoms with E-state index in [1.807, 2.05) is 6.07 Å². The van der Waals surface area contributed by atoms with E-state index in [0.717, 1.165) is 32.0 Å². The molecule has 0 saturated carbocycles. The van der Waals surface area contributed by atoms with Crippen molar-refractivity contribution in [1.82, 2.24) is 4.98 Å². The Morgan fingerprint density at radius 2 is 2.13 bits per heavy atom. The zero-order valence-electron chi connectivity index (χ0n) is 8.57. The van der Waals surface area contributed by atoms with E-state index in [2.05, 4.69) is 9.88 Å². The minimum absolute atomic E-state index is 0.448. The molecule has 1 aliphatic heterocycles. The van der Waals surface area contributed by atoms with Crippen LogP contribution in [0.25, 0.3) is 0 Å². The number of pyridine rings is 1. The van der Waals surface area contributed by atoms with Crippen molar-refractivity contribution < 1.29 is 9.47 Å². The summed E-state index contributed by atoms with van der Waals surface area (Å²) in [4.78, 5) is 6.31. The number of nitrogens with zero attached hydrogens (tertiary/aromatic N) is 2. The molecule has 0 unspecified atom stereocenters. The van der Waals surface area contributed by atoms with Gasteiger partial charge in [-0.05, 0) is 12.1 Å². The van der Waals surface area contributed by atoms with E-state index in [-0.39, 0.29) is 0 Å². The largest absolute Gasteiger partial charge is 0.479 e. The van der Waals surface area contributed by atoms with Crippen LogP contribution < -0.4 is 9.64 Å². The van der Waals surface area contributed by atoms with Crippen LogP contribution >= 0.6 is 11.6 Å². The zero-order valence-corrected chi connectivity index (χ0v) is 9.33. The van der Waals surface area contributed by atoms with Gasteiger partial charge in [0.25, 0.3) is 0 Å². The minimum Gasteiger partial charge on any atom is -0.479 e. The molecule has 5 heteroatoms. The Balaban J connectivity index is 2.25. The Morgan fingerprint density at radius 3 is 2.80 bits per heavy atom. The second-order valence-corrected chi connectivity index (χ2v) is 3.65. The van der Waals surface area contributed by atoms with Crippen LogP contribution in [0.4, 0.5) is 5.69 Å². The average molecular weight is 229 g/mol. The molecule has 1 aromatic rings. The number of methoxy groups -OCH3 is 1. The maximum absolute atomic E-state index is 5.80. The van der Waals surface area contributed by atoms with Crippen molar-refractivity contribution in [2.24, 2.45) is 0 Å². The van der Waals surface area contributed by atoms with Gasteiger partial charge in [-0.25, -0.2) is 0 Å². The molecule has 0 bridgehead atoms. The Labute approximate surface area is 93.8 Å². The molecule has 4 nitrogen and oxygen atoms in total. The van der Waals surface area contributed by atoms with Crippen LogP contribution in [0.1, 0.15) is 0 Å². The number of halogens is 1. The average Bonchev–Trinajstić information content (AvgIpc) is 2.30. The smallest absolute Gasteiger partial charge is 0.238 e. The van der Waals surface area contributed by atoms with Crippen molar-refractivity contribution in [2.45, 2.75) is 0 Å². The van der Waals surface area contributed by atoms with Crippen LogP contribution in [0, 0.1) is 0 Å². The first-order chi connectivity index (χ1) is 7.31. The summed E-state index contributed by atoms with van der Waals surface area (Å²) in [5.41, 5.74) is 0.977. The SMILES string of the molecule is COc1nc(Cl)ccc1N1CCOCC1. The minimum atomic E-state index is 0.448. The Hall–Kier alpha value is -1.00. The van der Waals surface area contributed by atoms with E-state index in [1.54, 1.807) is 13.2 Å². The Morgan fingerprint density at radius 1 is 1.40 bits per heavy atom. The summed E-state index contributed by atoms with van der Waals surface area (Å²) < 4.78 is 10.5. The van der Waals surface area contributed by atoms with E-state index < -0.39 is 0 Å². The van der Waals surface area contributed by atoms with Crippen molar-refractivity contribution in [2.75, 3.05) is 38.3 Å². The molecule has 0 aromatic carbocycles. The number of ether oxygens (including phenoxy) is 2. The summed E-state index contributed by atoms with van der Waals surface area (Å²) in [6.45, 7) is 3.21. The van der Waals surface area contributed by atoms with Gasteiger partial charge >= 0.3 is 0 Å². The second-order valence-electron chi connectivity index (χ2n) is 3.26. The van der Waals surface area contributed by atoms with Gasteiger partial charge in [0.1, 0.15) is 10.8 Å². The summed E-state index contributed by atoms with van der Waals surface area (Å²) in [7, 11) is 1.60. The summed E-state index contributed by atoms with van der Waals surface area (Å²) in [6.07, 6.45) is 0. The van der Waals surface area contributed by atoms with Crippen LogP contribution in [0.15, 0.2) is 12.1 Å². The first-order valence-corrected chi connectivity index (χ1v) is 5.22. The van der Waals surface area contributed by atoms with Crippen molar-refractivity contribution in [3.8, 4) is 5.88 Å². The highest BCUT2D eigenvalue weighted by Crippen LogP contribution is 2.28. The number of anilines is 1. The quantitative estimate of drug-likeness (QED) is 0.720. The van der Waals surface area contributed by atoms with Crippen LogP contribution in [0.5, 0.6) is 5.88 Å². The van der Waals surface area contributed by atoms with Crippen LogP contribution in [0.3, 0.4) is 0 Å². The maximum Gasteiger partial charge on any atom is 0.238 e. The fourth-order valence-electron chi connectivity index (χ4n) is 1.61. The zero-order chi connectivity index (χ0) is 10.7. The summed E-state index contributed by atoms with van der Waals surface area (Å²) >= 11 is 5.80. The third-order valence-corrected chi connectivity index (χ3v) is 2.56.